The van der Waals surface area contributed by atoms with Crippen molar-refractivity contribution in [3.05, 3.63) is 11.7 Å². The molecule has 1 aromatic rings. The van der Waals surface area contributed by atoms with Crippen LogP contribution in [0.5, 0.6) is 0 Å². The number of ether oxygens (including phenoxy) is 1. The SMILES string of the molecule is CCOC(=O)Cc1noc(CN)n1.Cl. The Bertz CT molecular complexity index is 289. The molecule has 1 aromatic heterocycles. The van der Waals surface area contributed by atoms with Gasteiger partial charge in [-0.05, 0) is 6.92 Å². The second-order valence-electron chi connectivity index (χ2n) is 2.29. The minimum atomic E-state index is -0.369. The van der Waals surface area contributed by atoms with Gasteiger partial charge in [-0.25, -0.2) is 0 Å². The summed E-state index contributed by atoms with van der Waals surface area (Å²) in [6.45, 7) is 2.26. The molecule has 7 heteroatoms. The van der Waals surface area contributed by atoms with E-state index in [0.717, 1.165) is 0 Å². The number of carbonyl (C=O) groups excluding carboxylic acids is 1. The third-order valence-corrected chi connectivity index (χ3v) is 1.29. The van der Waals surface area contributed by atoms with Crippen LogP contribution >= 0.6 is 12.4 Å². The van der Waals surface area contributed by atoms with Crippen LogP contribution in [-0.2, 0) is 22.5 Å². The van der Waals surface area contributed by atoms with E-state index in [2.05, 4.69) is 10.1 Å². The molecule has 0 aliphatic heterocycles. The fourth-order valence-corrected chi connectivity index (χ4v) is 0.786. The third-order valence-electron chi connectivity index (χ3n) is 1.29. The van der Waals surface area contributed by atoms with Gasteiger partial charge in [0.25, 0.3) is 0 Å². The summed E-state index contributed by atoms with van der Waals surface area (Å²) in [5, 5.41) is 3.54. The number of hydrogen-bond acceptors (Lipinski definition) is 6. The molecule has 2 N–H and O–H groups in total. The van der Waals surface area contributed by atoms with Crippen molar-refractivity contribution in [3.8, 4) is 0 Å². The molecular weight excluding hydrogens is 210 g/mol. The second-order valence-corrected chi connectivity index (χ2v) is 2.29. The monoisotopic (exact) mass is 221 g/mol. The molecule has 0 aromatic carbocycles. The third kappa shape index (κ3) is 3.71. The minimum Gasteiger partial charge on any atom is -0.466 e. The molecule has 0 aliphatic carbocycles. The maximum absolute atomic E-state index is 10.9. The lowest BCUT2D eigenvalue weighted by Crippen LogP contribution is -2.08. The molecule has 80 valence electrons. The first-order chi connectivity index (χ1) is 6.26. The molecule has 0 saturated heterocycles. The predicted molar refractivity (Wildman–Crippen MR) is 49.8 cm³/mol. The van der Waals surface area contributed by atoms with Gasteiger partial charge in [0, 0.05) is 0 Å². The molecule has 0 aliphatic rings. The van der Waals surface area contributed by atoms with Crippen LogP contribution < -0.4 is 5.73 Å². The quantitative estimate of drug-likeness (QED) is 0.723. The van der Waals surface area contributed by atoms with Gasteiger partial charge in [0.15, 0.2) is 5.82 Å². The lowest BCUT2D eigenvalue weighted by molar-refractivity contribution is -0.142. The van der Waals surface area contributed by atoms with Crippen LogP contribution in [0.4, 0.5) is 0 Å². The van der Waals surface area contributed by atoms with Crippen molar-refractivity contribution in [2.75, 3.05) is 6.61 Å². The van der Waals surface area contributed by atoms with Crippen LogP contribution in [0.2, 0.25) is 0 Å². The van der Waals surface area contributed by atoms with E-state index in [1.807, 2.05) is 0 Å². The van der Waals surface area contributed by atoms with Gasteiger partial charge in [0.1, 0.15) is 6.42 Å². The zero-order valence-corrected chi connectivity index (χ0v) is 8.54. The molecule has 6 nitrogen and oxygen atoms in total. The zero-order chi connectivity index (χ0) is 9.68. The van der Waals surface area contributed by atoms with Crippen molar-refractivity contribution >= 4 is 18.4 Å². The fourth-order valence-electron chi connectivity index (χ4n) is 0.786. The van der Waals surface area contributed by atoms with Crippen LogP contribution in [0.3, 0.4) is 0 Å². The van der Waals surface area contributed by atoms with Gasteiger partial charge < -0.3 is 15.0 Å². The zero-order valence-electron chi connectivity index (χ0n) is 7.73. The number of nitrogens with two attached hydrogens (primary N) is 1. The summed E-state index contributed by atoms with van der Waals surface area (Å²) in [7, 11) is 0. The standard InChI is InChI=1S/C7H11N3O3.ClH/c1-2-12-7(11)3-5-9-6(4-8)13-10-5;/h2-4,8H2,1H3;1H. The highest BCUT2D eigenvalue weighted by atomic mass is 35.5. The highest BCUT2D eigenvalue weighted by Gasteiger charge is 2.10. The van der Waals surface area contributed by atoms with Gasteiger partial charge >= 0.3 is 5.97 Å². The molecule has 0 unspecified atom stereocenters. The van der Waals surface area contributed by atoms with E-state index in [1.54, 1.807) is 6.92 Å². The van der Waals surface area contributed by atoms with Crippen molar-refractivity contribution in [2.24, 2.45) is 5.73 Å². The summed E-state index contributed by atoms with van der Waals surface area (Å²) >= 11 is 0. The Hall–Kier alpha value is -1.14. The largest absolute Gasteiger partial charge is 0.466 e. The molecule has 0 atom stereocenters. The number of carbonyl (C=O) groups is 1. The first-order valence-electron chi connectivity index (χ1n) is 3.93. The summed E-state index contributed by atoms with van der Waals surface area (Å²) < 4.78 is 9.40. The number of esters is 1. The Kier molecular flexibility index (Phi) is 5.82. The topological polar surface area (TPSA) is 91.2 Å². The lowest BCUT2D eigenvalue weighted by atomic mass is 10.4. The van der Waals surface area contributed by atoms with Gasteiger partial charge in [0.05, 0.1) is 13.2 Å². The summed E-state index contributed by atoms with van der Waals surface area (Å²) in [5.74, 6) is 0.255. The Morgan fingerprint density at radius 3 is 2.86 bits per heavy atom. The van der Waals surface area contributed by atoms with Crippen molar-refractivity contribution in [3.63, 3.8) is 0 Å². The van der Waals surface area contributed by atoms with Crippen molar-refractivity contribution in [1.82, 2.24) is 10.1 Å². The molecule has 0 amide bonds. The molecule has 0 spiro atoms. The molecule has 0 saturated carbocycles. The van der Waals surface area contributed by atoms with Gasteiger partial charge in [-0.2, -0.15) is 4.98 Å². The number of hydrogen-bond donors (Lipinski definition) is 1. The Labute approximate surface area is 87.2 Å². The highest BCUT2D eigenvalue weighted by molar-refractivity contribution is 5.85. The summed E-state index contributed by atoms with van der Waals surface area (Å²) in [6, 6.07) is 0. The first-order valence-corrected chi connectivity index (χ1v) is 3.93. The maximum Gasteiger partial charge on any atom is 0.313 e. The van der Waals surface area contributed by atoms with E-state index in [1.165, 1.54) is 0 Å². The van der Waals surface area contributed by atoms with Crippen LogP contribution in [0.25, 0.3) is 0 Å². The molecule has 0 radical (unpaired) electrons. The van der Waals surface area contributed by atoms with E-state index in [0.29, 0.717) is 18.3 Å². The van der Waals surface area contributed by atoms with Gasteiger partial charge in [0.2, 0.25) is 5.89 Å². The van der Waals surface area contributed by atoms with E-state index in [4.69, 9.17) is 15.0 Å². The number of nitrogens with zero attached hydrogens (tertiary/aromatic N) is 2. The second kappa shape index (κ2) is 6.33. The summed E-state index contributed by atoms with van der Waals surface area (Å²) in [5.41, 5.74) is 5.24. The average molecular weight is 222 g/mol. The van der Waals surface area contributed by atoms with Crippen LogP contribution in [0.1, 0.15) is 18.6 Å². The number of halogens is 1. The van der Waals surface area contributed by atoms with Crippen LogP contribution in [0, 0.1) is 0 Å². The van der Waals surface area contributed by atoms with E-state index < -0.39 is 0 Å². The van der Waals surface area contributed by atoms with Gasteiger partial charge in [-0.3, -0.25) is 4.79 Å². The molecule has 14 heavy (non-hydrogen) atoms. The molecule has 0 bridgehead atoms. The van der Waals surface area contributed by atoms with Crippen LogP contribution in [-0.4, -0.2) is 22.7 Å². The minimum absolute atomic E-state index is 0. The highest BCUT2D eigenvalue weighted by Crippen LogP contribution is 1.97. The predicted octanol–water partition coefficient (Wildman–Crippen LogP) is 0.0557. The Morgan fingerprint density at radius 2 is 2.36 bits per heavy atom. The number of aromatic nitrogens is 2. The van der Waals surface area contributed by atoms with Crippen molar-refractivity contribution < 1.29 is 14.1 Å². The van der Waals surface area contributed by atoms with Gasteiger partial charge in [-0.1, -0.05) is 5.16 Å². The number of rotatable bonds is 4. The van der Waals surface area contributed by atoms with E-state index in [9.17, 15) is 4.79 Å². The van der Waals surface area contributed by atoms with E-state index in [-0.39, 0.29) is 31.3 Å². The average Bonchev–Trinajstić information content (AvgIpc) is 2.52. The van der Waals surface area contributed by atoms with Crippen molar-refractivity contribution in [2.45, 2.75) is 19.9 Å². The molecule has 1 heterocycles. The fraction of sp³-hybridized carbons (Fsp3) is 0.571. The maximum atomic E-state index is 10.9. The summed E-state index contributed by atoms with van der Waals surface area (Å²) in [4.78, 5) is 14.8. The smallest absolute Gasteiger partial charge is 0.313 e. The summed E-state index contributed by atoms with van der Waals surface area (Å²) in [6.07, 6.45) is 0.0251. The molecule has 0 fully saturated rings. The lowest BCUT2D eigenvalue weighted by Gasteiger charge is -1.96. The van der Waals surface area contributed by atoms with Crippen LogP contribution in [0.15, 0.2) is 4.52 Å². The van der Waals surface area contributed by atoms with E-state index >= 15 is 0 Å². The van der Waals surface area contributed by atoms with Crippen molar-refractivity contribution in [1.29, 1.82) is 0 Å². The first kappa shape index (κ1) is 12.9. The molecule has 1 rings (SSSR count). The van der Waals surface area contributed by atoms with Gasteiger partial charge in [-0.15, -0.1) is 12.4 Å². The molecular formula is C7H12ClN3O3. The Morgan fingerprint density at radius 1 is 1.64 bits per heavy atom. The normalized spacial score (nSPS) is 9.29. The Balaban J connectivity index is 0.00000169.